The molecule has 1 aromatic heterocycles. The highest BCUT2D eigenvalue weighted by molar-refractivity contribution is 7.20. The van der Waals surface area contributed by atoms with Gasteiger partial charge in [0.1, 0.15) is 10.4 Å². The van der Waals surface area contributed by atoms with Crippen LogP contribution in [0.5, 0.6) is 0 Å². The topological polar surface area (TPSA) is 109 Å². The molecule has 9 heteroatoms. The predicted molar refractivity (Wildman–Crippen MR) is 71.7 cm³/mol. The molecule has 1 atom stereocenters. The van der Waals surface area contributed by atoms with Crippen molar-refractivity contribution in [3.05, 3.63) is 20.3 Å². The van der Waals surface area contributed by atoms with Gasteiger partial charge in [-0.05, 0) is 12.5 Å². The Morgan fingerprint density at radius 3 is 2.47 bits per heavy atom. The molecule has 0 aliphatic carbocycles. The number of hydrogen-bond acceptors (Lipinski definition) is 4. The molecule has 1 aromatic rings. The van der Waals surface area contributed by atoms with Gasteiger partial charge < -0.3 is 16.2 Å². The molecule has 0 radical (unpaired) electrons. The molecule has 2 amide bonds. The maximum Gasteiger partial charge on any atom is 0.326 e. The van der Waals surface area contributed by atoms with E-state index in [0.29, 0.717) is 4.34 Å². The number of carbonyl (C=O) groups excluding carboxylic acids is 2. The van der Waals surface area contributed by atoms with Gasteiger partial charge in [-0.2, -0.15) is 0 Å². The molecule has 19 heavy (non-hydrogen) atoms. The van der Waals surface area contributed by atoms with E-state index in [4.69, 9.17) is 34.0 Å². The molecule has 0 saturated carbocycles. The van der Waals surface area contributed by atoms with Gasteiger partial charge in [-0.15, -0.1) is 11.3 Å². The van der Waals surface area contributed by atoms with Gasteiger partial charge in [0, 0.05) is 6.42 Å². The fourth-order valence-electron chi connectivity index (χ4n) is 1.28. The van der Waals surface area contributed by atoms with Crippen molar-refractivity contribution in [2.75, 3.05) is 0 Å². The number of aliphatic carboxylic acids is 1. The summed E-state index contributed by atoms with van der Waals surface area (Å²) in [4.78, 5) is 33.4. The number of nitrogens with two attached hydrogens (primary N) is 1. The van der Waals surface area contributed by atoms with Crippen LogP contribution in [0, 0.1) is 0 Å². The van der Waals surface area contributed by atoms with Crippen LogP contribution in [-0.2, 0) is 9.59 Å². The van der Waals surface area contributed by atoms with E-state index in [1.807, 2.05) is 0 Å². The van der Waals surface area contributed by atoms with Gasteiger partial charge in [0.05, 0.1) is 9.90 Å². The average Bonchev–Trinajstić information content (AvgIpc) is 2.62. The normalized spacial score (nSPS) is 11.9. The first-order chi connectivity index (χ1) is 8.81. The highest BCUT2D eigenvalue weighted by Crippen LogP contribution is 2.31. The van der Waals surface area contributed by atoms with Crippen LogP contribution >= 0.6 is 34.5 Å². The number of nitrogens with one attached hydrogen (secondary N) is 1. The van der Waals surface area contributed by atoms with E-state index in [0.717, 1.165) is 11.3 Å². The van der Waals surface area contributed by atoms with Crippen molar-refractivity contribution < 1.29 is 19.5 Å². The lowest BCUT2D eigenvalue weighted by molar-refractivity contribution is -0.139. The Bertz CT molecular complexity index is 518. The zero-order valence-corrected chi connectivity index (χ0v) is 11.8. The molecule has 0 aliphatic rings. The Kier molecular flexibility index (Phi) is 5.59. The fourth-order valence-corrected chi connectivity index (χ4v) is 2.73. The summed E-state index contributed by atoms with van der Waals surface area (Å²) in [7, 11) is 0. The van der Waals surface area contributed by atoms with E-state index in [9.17, 15) is 14.4 Å². The maximum atomic E-state index is 11.8. The van der Waals surface area contributed by atoms with Crippen LogP contribution in [0.2, 0.25) is 8.67 Å². The quantitative estimate of drug-likeness (QED) is 0.736. The van der Waals surface area contributed by atoms with Crippen LogP contribution in [-0.4, -0.2) is 28.9 Å². The van der Waals surface area contributed by atoms with Crippen LogP contribution in [0.25, 0.3) is 0 Å². The van der Waals surface area contributed by atoms with Crippen molar-refractivity contribution in [2.45, 2.75) is 18.9 Å². The van der Waals surface area contributed by atoms with E-state index in [2.05, 4.69) is 5.32 Å². The van der Waals surface area contributed by atoms with E-state index in [1.165, 1.54) is 6.07 Å². The molecular formula is C10H10Cl2N2O4S. The third-order valence-corrected chi connectivity index (χ3v) is 3.67. The third kappa shape index (κ3) is 4.70. The van der Waals surface area contributed by atoms with Crippen molar-refractivity contribution in [3.63, 3.8) is 0 Å². The number of amides is 2. The van der Waals surface area contributed by atoms with Crippen molar-refractivity contribution in [3.8, 4) is 0 Å². The van der Waals surface area contributed by atoms with Gasteiger partial charge in [-0.1, -0.05) is 23.2 Å². The number of carboxylic acids is 1. The second-order valence-corrected chi connectivity index (χ2v) is 5.89. The van der Waals surface area contributed by atoms with Crippen LogP contribution in [0.15, 0.2) is 6.07 Å². The van der Waals surface area contributed by atoms with Gasteiger partial charge >= 0.3 is 5.97 Å². The first kappa shape index (κ1) is 15.7. The molecule has 4 N–H and O–H groups in total. The molecule has 0 fully saturated rings. The summed E-state index contributed by atoms with van der Waals surface area (Å²) in [6, 6.07) is 0.131. The standard InChI is InChI=1S/C10H10Cl2N2O4S/c11-6-3-4(8(12)19-6)9(16)14-5(10(17)18)1-2-7(13)15/h3,5H,1-2H2,(H2,13,15)(H,14,16)(H,17,18)/t5-/m0/s1. The van der Waals surface area contributed by atoms with Crippen molar-refractivity contribution in [1.29, 1.82) is 0 Å². The van der Waals surface area contributed by atoms with Gasteiger partial charge in [0.25, 0.3) is 5.91 Å². The maximum absolute atomic E-state index is 11.8. The molecule has 6 nitrogen and oxygen atoms in total. The molecule has 0 spiro atoms. The highest BCUT2D eigenvalue weighted by Gasteiger charge is 2.23. The number of carboxylic acid groups (broad SMARTS) is 1. The predicted octanol–water partition coefficient (Wildman–Crippen LogP) is 1.50. The average molecular weight is 325 g/mol. The molecule has 1 heterocycles. The lowest BCUT2D eigenvalue weighted by Crippen LogP contribution is -2.41. The minimum Gasteiger partial charge on any atom is -0.480 e. The minimum atomic E-state index is -1.26. The van der Waals surface area contributed by atoms with Crippen LogP contribution in [0.3, 0.4) is 0 Å². The first-order valence-electron chi connectivity index (χ1n) is 5.08. The molecule has 0 bridgehead atoms. The highest BCUT2D eigenvalue weighted by atomic mass is 35.5. The number of thiophene rings is 1. The molecule has 0 unspecified atom stereocenters. The first-order valence-corrected chi connectivity index (χ1v) is 6.65. The van der Waals surface area contributed by atoms with Crippen molar-refractivity contribution in [2.24, 2.45) is 5.73 Å². The fraction of sp³-hybridized carbons (Fsp3) is 0.300. The summed E-state index contributed by atoms with van der Waals surface area (Å²) in [5, 5.41) is 11.2. The summed E-state index contributed by atoms with van der Waals surface area (Å²) < 4.78 is 0.487. The van der Waals surface area contributed by atoms with E-state index >= 15 is 0 Å². The zero-order valence-electron chi connectivity index (χ0n) is 9.48. The smallest absolute Gasteiger partial charge is 0.326 e. The second kappa shape index (κ2) is 6.74. The lowest BCUT2D eigenvalue weighted by Gasteiger charge is -2.13. The van der Waals surface area contributed by atoms with Crippen LogP contribution < -0.4 is 11.1 Å². The molecule has 1 rings (SSSR count). The van der Waals surface area contributed by atoms with Gasteiger partial charge in [-0.25, -0.2) is 4.79 Å². The van der Waals surface area contributed by atoms with Crippen LogP contribution in [0.4, 0.5) is 0 Å². The lowest BCUT2D eigenvalue weighted by atomic mass is 10.1. The summed E-state index contributed by atoms with van der Waals surface area (Å²) in [5.74, 6) is -2.56. The molecule has 104 valence electrons. The van der Waals surface area contributed by atoms with Crippen molar-refractivity contribution >= 4 is 52.3 Å². The summed E-state index contributed by atoms with van der Waals surface area (Å²) in [5.41, 5.74) is 5.03. The van der Waals surface area contributed by atoms with E-state index in [-0.39, 0.29) is 22.7 Å². The Morgan fingerprint density at radius 2 is 2.05 bits per heavy atom. The largest absolute Gasteiger partial charge is 0.480 e. The van der Waals surface area contributed by atoms with Gasteiger partial charge in [0.15, 0.2) is 0 Å². The Labute approximate surface area is 122 Å². The third-order valence-electron chi connectivity index (χ3n) is 2.18. The molecule has 0 saturated heterocycles. The summed E-state index contributed by atoms with van der Waals surface area (Å²) >= 11 is 12.5. The molecule has 0 aliphatic heterocycles. The number of rotatable bonds is 6. The van der Waals surface area contributed by atoms with Gasteiger partial charge in [-0.3, -0.25) is 9.59 Å². The van der Waals surface area contributed by atoms with Gasteiger partial charge in [0.2, 0.25) is 5.91 Å². The number of primary amides is 1. The van der Waals surface area contributed by atoms with Crippen molar-refractivity contribution in [1.82, 2.24) is 5.32 Å². The number of carbonyl (C=O) groups is 3. The summed E-state index contributed by atoms with van der Waals surface area (Å²) in [6.45, 7) is 0. The monoisotopic (exact) mass is 324 g/mol. The zero-order chi connectivity index (χ0) is 14.6. The Hall–Kier alpha value is -1.31. The summed E-state index contributed by atoms with van der Waals surface area (Å²) in [6.07, 6.45) is -0.235. The molecular weight excluding hydrogens is 315 g/mol. The Balaban J connectivity index is 2.74. The SMILES string of the molecule is NC(=O)CC[C@H](NC(=O)c1cc(Cl)sc1Cl)C(=O)O. The number of halogens is 2. The second-order valence-electron chi connectivity index (χ2n) is 3.61. The minimum absolute atomic E-state index is 0.0914. The molecule has 0 aromatic carbocycles. The van der Waals surface area contributed by atoms with E-state index < -0.39 is 23.8 Å². The van der Waals surface area contributed by atoms with Crippen LogP contribution in [0.1, 0.15) is 23.2 Å². The van der Waals surface area contributed by atoms with E-state index in [1.54, 1.807) is 0 Å². The number of hydrogen-bond donors (Lipinski definition) is 3. The Morgan fingerprint density at radius 1 is 1.42 bits per heavy atom.